The van der Waals surface area contributed by atoms with Crippen molar-refractivity contribution in [1.82, 2.24) is 20.4 Å². The van der Waals surface area contributed by atoms with E-state index in [2.05, 4.69) is 22.7 Å². The molecule has 1 aromatic rings. The van der Waals surface area contributed by atoms with E-state index >= 15 is 0 Å². The Bertz CT molecular complexity index is 327. The van der Waals surface area contributed by atoms with Gasteiger partial charge in [-0.25, -0.2) is 0 Å². The molecule has 98 valence electrons. The molecule has 1 heterocycles. The smallest absolute Gasteiger partial charge is 0.254 e. The van der Waals surface area contributed by atoms with Crippen molar-refractivity contribution in [3.63, 3.8) is 0 Å². The fourth-order valence-electron chi connectivity index (χ4n) is 1.32. The second-order valence-corrected chi connectivity index (χ2v) is 3.59. The third-order valence-electron chi connectivity index (χ3n) is 2.23. The summed E-state index contributed by atoms with van der Waals surface area (Å²) in [6.45, 7) is 7.33. The molecule has 0 atom stereocenters. The largest absolute Gasteiger partial charge is 0.351 e. The van der Waals surface area contributed by atoms with Crippen LogP contribution in [0.3, 0.4) is 0 Å². The average Bonchev–Trinajstić information content (AvgIpc) is 2.77. The van der Waals surface area contributed by atoms with Crippen molar-refractivity contribution in [1.29, 1.82) is 0 Å². The Kier molecular flexibility index (Phi) is 8.44. The number of halogens is 1. The minimum absolute atomic E-state index is 0. The standard InChI is InChI=1S/C11H20N4O.ClH/c1-3-5-12-6-7-13-11(16)10-8-14-15(4-2)9-10;/h8-9,12H,3-7H2,1-2H3,(H,13,16);1H. The summed E-state index contributed by atoms with van der Waals surface area (Å²) in [6, 6.07) is 0. The fraction of sp³-hybridized carbons (Fsp3) is 0.636. The van der Waals surface area contributed by atoms with Crippen LogP contribution in [0.1, 0.15) is 30.6 Å². The van der Waals surface area contributed by atoms with Gasteiger partial charge in [-0.2, -0.15) is 5.10 Å². The van der Waals surface area contributed by atoms with Gasteiger partial charge in [0.2, 0.25) is 0 Å². The summed E-state index contributed by atoms with van der Waals surface area (Å²) in [5, 5.41) is 10.1. The first kappa shape index (κ1) is 15.9. The molecule has 1 aromatic heterocycles. The van der Waals surface area contributed by atoms with E-state index < -0.39 is 0 Å². The van der Waals surface area contributed by atoms with E-state index in [1.807, 2.05) is 6.92 Å². The SMILES string of the molecule is CCCNCCNC(=O)c1cnn(CC)c1.Cl. The number of hydrogen-bond donors (Lipinski definition) is 2. The van der Waals surface area contributed by atoms with Gasteiger partial charge in [0, 0.05) is 25.8 Å². The molecule has 1 amide bonds. The van der Waals surface area contributed by atoms with E-state index in [9.17, 15) is 4.79 Å². The predicted octanol–water partition coefficient (Wildman–Crippen LogP) is 1.05. The second kappa shape index (κ2) is 9.01. The normalized spacial score (nSPS) is 9.76. The molecule has 17 heavy (non-hydrogen) atoms. The third kappa shape index (κ3) is 5.70. The van der Waals surface area contributed by atoms with E-state index in [0.717, 1.165) is 26.1 Å². The van der Waals surface area contributed by atoms with Crippen LogP contribution in [0.2, 0.25) is 0 Å². The lowest BCUT2D eigenvalue weighted by Crippen LogP contribution is -2.31. The van der Waals surface area contributed by atoms with E-state index in [1.54, 1.807) is 17.1 Å². The zero-order valence-electron chi connectivity index (χ0n) is 10.4. The van der Waals surface area contributed by atoms with Gasteiger partial charge in [0.25, 0.3) is 5.91 Å². The lowest BCUT2D eigenvalue weighted by Gasteiger charge is -2.04. The number of hydrogen-bond acceptors (Lipinski definition) is 3. The number of aryl methyl sites for hydroxylation is 1. The van der Waals surface area contributed by atoms with Crippen LogP contribution in [-0.2, 0) is 6.54 Å². The Morgan fingerprint density at radius 2 is 2.12 bits per heavy atom. The van der Waals surface area contributed by atoms with Gasteiger partial charge < -0.3 is 10.6 Å². The summed E-state index contributed by atoms with van der Waals surface area (Å²) < 4.78 is 1.74. The van der Waals surface area contributed by atoms with Gasteiger partial charge in [0.1, 0.15) is 0 Å². The first-order valence-electron chi connectivity index (χ1n) is 5.79. The molecule has 0 aliphatic heterocycles. The molecular weight excluding hydrogens is 240 g/mol. The maximum Gasteiger partial charge on any atom is 0.254 e. The minimum atomic E-state index is -0.0574. The van der Waals surface area contributed by atoms with Crippen LogP contribution in [0.5, 0.6) is 0 Å². The number of aromatic nitrogens is 2. The number of carbonyl (C=O) groups is 1. The van der Waals surface area contributed by atoms with Gasteiger partial charge in [-0.05, 0) is 19.9 Å². The number of rotatable bonds is 7. The average molecular weight is 261 g/mol. The summed E-state index contributed by atoms with van der Waals surface area (Å²) >= 11 is 0. The van der Waals surface area contributed by atoms with E-state index in [1.165, 1.54) is 0 Å². The third-order valence-corrected chi connectivity index (χ3v) is 2.23. The van der Waals surface area contributed by atoms with Crippen molar-refractivity contribution in [3.8, 4) is 0 Å². The molecule has 0 saturated heterocycles. The van der Waals surface area contributed by atoms with Gasteiger partial charge >= 0.3 is 0 Å². The van der Waals surface area contributed by atoms with Crippen molar-refractivity contribution in [2.45, 2.75) is 26.8 Å². The highest BCUT2D eigenvalue weighted by atomic mass is 35.5. The maximum atomic E-state index is 11.6. The van der Waals surface area contributed by atoms with Gasteiger partial charge in [0.05, 0.1) is 11.8 Å². The molecule has 0 aromatic carbocycles. The zero-order chi connectivity index (χ0) is 11.8. The van der Waals surface area contributed by atoms with Crippen LogP contribution in [-0.4, -0.2) is 35.3 Å². The van der Waals surface area contributed by atoms with E-state index in [-0.39, 0.29) is 18.3 Å². The van der Waals surface area contributed by atoms with Crippen LogP contribution in [0.25, 0.3) is 0 Å². The molecule has 0 radical (unpaired) electrons. The van der Waals surface area contributed by atoms with Crippen molar-refractivity contribution in [2.75, 3.05) is 19.6 Å². The molecule has 0 unspecified atom stereocenters. The summed E-state index contributed by atoms with van der Waals surface area (Å²) in [4.78, 5) is 11.6. The Morgan fingerprint density at radius 1 is 1.35 bits per heavy atom. The molecule has 0 fully saturated rings. The first-order valence-corrected chi connectivity index (χ1v) is 5.79. The number of nitrogens with one attached hydrogen (secondary N) is 2. The number of carbonyl (C=O) groups excluding carboxylic acids is 1. The van der Waals surface area contributed by atoms with Crippen LogP contribution >= 0.6 is 12.4 Å². The van der Waals surface area contributed by atoms with Crippen molar-refractivity contribution in [3.05, 3.63) is 18.0 Å². The highest BCUT2D eigenvalue weighted by molar-refractivity contribution is 5.93. The topological polar surface area (TPSA) is 58.9 Å². The summed E-state index contributed by atoms with van der Waals surface area (Å²) in [6.07, 6.45) is 4.46. The quantitative estimate of drug-likeness (QED) is 0.721. The van der Waals surface area contributed by atoms with Crippen LogP contribution in [0.15, 0.2) is 12.4 Å². The van der Waals surface area contributed by atoms with Crippen molar-refractivity contribution in [2.24, 2.45) is 0 Å². The van der Waals surface area contributed by atoms with Gasteiger partial charge in [0.15, 0.2) is 0 Å². The summed E-state index contributed by atoms with van der Waals surface area (Å²) in [5.74, 6) is -0.0574. The molecule has 6 heteroatoms. The van der Waals surface area contributed by atoms with Crippen LogP contribution in [0.4, 0.5) is 0 Å². The first-order chi connectivity index (χ1) is 7.77. The van der Waals surface area contributed by atoms with Crippen LogP contribution < -0.4 is 10.6 Å². The minimum Gasteiger partial charge on any atom is -0.351 e. The van der Waals surface area contributed by atoms with Gasteiger partial charge in [-0.3, -0.25) is 9.48 Å². The van der Waals surface area contributed by atoms with E-state index in [0.29, 0.717) is 12.1 Å². The second-order valence-electron chi connectivity index (χ2n) is 3.59. The monoisotopic (exact) mass is 260 g/mol. The lowest BCUT2D eigenvalue weighted by atomic mass is 10.3. The Labute approximate surface area is 108 Å². The highest BCUT2D eigenvalue weighted by Crippen LogP contribution is 1.96. The molecule has 0 spiro atoms. The van der Waals surface area contributed by atoms with Gasteiger partial charge in [-0.15, -0.1) is 12.4 Å². The highest BCUT2D eigenvalue weighted by Gasteiger charge is 2.06. The zero-order valence-corrected chi connectivity index (χ0v) is 11.2. The van der Waals surface area contributed by atoms with Crippen LogP contribution in [0, 0.1) is 0 Å². The fourth-order valence-corrected chi connectivity index (χ4v) is 1.32. The van der Waals surface area contributed by atoms with Gasteiger partial charge in [-0.1, -0.05) is 6.92 Å². The Hall–Kier alpha value is -1.07. The number of amides is 1. The summed E-state index contributed by atoms with van der Waals surface area (Å²) in [7, 11) is 0. The lowest BCUT2D eigenvalue weighted by molar-refractivity contribution is 0.0954. The molecule has 5 nitrogen and oxygen atoms in total. The molecule has 1 rings (SSSR count). The summed E-state index contributed by atoms with van der Waals surface area (Å²) in [5.41, 5.74) is 0.623. The maximum absolute atomic E-state index is 11.6. The van der Waals surface area contributed by atoms with E-state index in [4.69, 9.17) is 0 Å². The molecule has 2 N–H and O–H groups in total. The van der Waals surface area contributed by atoms with Crippen molar-refractivity contribution < 1.29 is 4.79 Å². The Morgan fingerprint density at radius 3 is 2.71 bits per heavy atom. The van der Waals surface area contributed by atoms with Crippen molar-refractivity contribution >= 4 is 18.3 Å². The molecule has 0 bridgehead atoms. The molecule has 0 aliphatic rings. The molecule has 0 saturated carbocycles. The molecule has 0 aliphatic carbocycles. The predicted molar refractivity (Wildman–Crippen MR) is 70.6 cm³/mol. The molecular formula is C11H21ClN4O. The number of nitrogens with zero attached hydrogens (tertiary/aromatic N) is 2. The Balaban J connectivity index is 0.00000256.